The third-order valence-electron chi connectivity index (χ3n) is 12.7. The SMILES string of the molecule is N#Cc1ccc2c(c1)c1ccccc1n2-c1cc(-c2ccc3c(c2)C2(c4ccccc4S3)c3cccnc3-c3ncccc32)cc(-n2c3ccccc3c3ccccc32)c1. The van der Waals surface area contributed by atoms with Crippen LogP contribution in [0.25, 0.3) is 77.5 Å². The molecule has 278 valence electrons. The lowest BCUT2D eigenvalue weighted by Crippen LogP contribution is -2.32. The number of hydrogen-bond acceptors (Lipinski definition) is 4. The molecular weight excluding hydrogens is 751 g/mol. The lowest BCUT2D eigenvalue weighted by Gasteiger charge is -2.39. The lowest BCUT2D eigenvalue weighted by molar-refractivity contribution is 0.720. The number of aromatic nitrogens is 4. The van der Waals surface area contributed by atoms with Crippen molar-refractivity contribution in [3.05, 3.63) is 216 Å². The molecular formula is C54H31N5S. The number of nitriles is 1. The van der Waals surface area contributed by atoms with Gasteiger partial charge in [0.2, 0.25) is 0 Å². The van der Waals surface area contributed by atoms with E-state index in [1.165, 1.54) is 31.7 Å². The van der Waals surface area contributed by atoms with Crippen molar-refractivity contribution in [3.8, 4) is 40.0 Å². The third-order valence-corrected chi connectivity index (χ3v) is 13.8. The molecule has 4 aromatic heterocycles. The van der Waals surface area contributed by atoms with Crippen LogP contribution in [-0.4, -0.2) is 19.1 Å². The van der Waals surface area contributed by atoms with E-state index in [1.54, 1.807) is 0 Å². The van der Waals surface area contributed by atoms with Gasteiger partial charge in [0.15, 0.2) is 0 Å². The van der Waals surface area contributed by atoms with Gasteiger partial charge in [-0.15, -0.1) is 0 Å². The normalized spacial score (nSPS) is 13.4. The highest BCUT2D eigenvalue weighted by molar-refractivity contribution is 7.99. The highest BCUT2D eigenvalue weighted by Crippen LogP contribution is 2.61. The fraction of sp³-hybridized carbons (Fsp3) is 0.0185. The second-order valence-corrected chi connectivity index (χ2v) is 16.7. The molecule has 0 radical (unpaired) electrons. The minimum atomic E-state index is -0.598. The Balaban J connectivity index is 1.13. The number of nitrogens with zero attached hydrogens (tertiary/aromatic N) is 5. The lowest BCUT2D eigenvalue weighted by atomic mass is 9.67. The number of fused-ring (bicyclic) bond motifs is 15. The predicted octanol–water partition coefficient (Wildman–Crippen LogP) is 13.0. The van der Waals surface area contributed by atoms with Crippen LogP contribution in [0.2, 0.25) is 0 Å². The first-order valence-corrected chi connectivity index (χ1v) is 20.9. The van der Waals surface area contributed by atoms with Crippen molar-refractivity contribution in [3.63, 3.8) is 0 Å². The van der Waals surface area contributed by atoms with E-state index in [0.29, 0.717) is 5.56 Å². The number of hydrogen-bond donors (Lipinski definition) is 0. The quantitative estimate of drug-likeness (QED) is 0.179. The summed E-state index contributed by atoms with van der Waals surface area (Å²) >= 11 is 1.84. The van der Waals surface area contributed by atoms with Gasteiger partial charge in [-0.1, -0.05) is 103 Å². The van der Waals surface area contributed by atoms with E-state index in [-0.39, 0.29) is 0 Å². The standard InChI is InChI=1S/C54H31N5S/c55-32-33-21-23-49-41(27-33)40-13-3-7-19-48(40)59(49)37-29-35(28-36(31-37)58-46-17-5-1-11-38(46)39-12-2-6-18-47(39)58)34-22-24-51-45(30-34)54(42-14-4-8-20-50(42)60-51)43-15-9-25-56-52(43)53-44(54)16-10-26-57-53/h1-31H. The van der Waals surface area contributed by atoms with Crippen molar-refractivity contribution in [2.45, 2.75) is 15.2 Å². The molecule has 2 aliphatic rings. The van der Waals surface area contributed by atoms with E-state index >= 15 is 0 Å². The largest absolute Gasteiger partial charge is 0.309 e. The highest BCUT2D eigenvalue weighted by atomic mass is 32.2. The smallest absolute Gasteiger partial charge is 0.0991 e. The van der Waals surface area contributed by atoms with Crippen molar-refractivity contribution in [2.24, 2.45) is 0 Å². The second-order valence-electron chi connectivity index (χ2n) is 15.7. The van der Waals surface area contributed by atoms with Crippen LogP contribution in [0.5, 0.6) is 0 Å². The molecule has 60 heavy (non-hydrogen) atoms. The van der Waals surface area contributed by atoms with Crippen LogP contribution in [0.3, 0.4) is 0 Å². The molecule has 0 atom stereocenters. The van der Waals surface area contributed by atoms with Crippen LogP contribution in [0.15, 0.2) is 198 Å². The maximum atomic E-state index is 9.93. The summed E-state index contributed by atoms with van der Waals surface area (Å²) in [4.78, 5) is 12.4. The summed E-state index contributed by atoms with van der Waals surface area (Å²) < 4.78 is 4.77. The summed E-state index contributed by atoms with van der Waals surface area (Å²) in [6.07, 6.45) is 3.77. The molecule has 5 heterocycles. The van der Waals surface area contributed by atoms with Gasteiger partial charge in [-0.2, -0.15) is 5.26 Å². The van der Waals surface area contributed by atoms with Crippen molar-refractivity contribution in [1.82, 2.24) is 19.1 Å². The van der Waals surface area contributed by atoms with Crippen LogP contribution in [0, 0.1) is 11.3 Å². The third kappa shape index (κ3) is 4.42. The van der Waals surface area contributed by atoms with Gasteiger partial charge in [0.25, 0.3) is 0 Å². The predicted molar refractivity (Wildman–Crippen MR) is 242 cm³/mol. The Kier molecular flexibility index (Phi) is 6.87. The zero-order valence-electron chi connectivity index (χ0n) is 32.0. The van der Waals surface area contributed by atoms with Crippen LogP contribution >= 0.6 is 11.8 Å². The molecule has 1 aliphatic heterocycles. The maximum Gasteiger partial charge on any atom is 0.0991 e. The second kappa shape index (κ2) is 12.4. The molecule has 1 aliphatic carbocycles. The molecule has 0 saturated carbocycles. The maximum absolute atomic E-state index is 9.93. The first-order valence-electron chi connectivity index (χ1n) is 20.1. The molecule has 0 unspecified atom stereocenters. The zero-order valence-corrected chi connectivity index (χ0v) is 32.9. The Morgan fingerprint density at radius 2 is 0.967 bits per heavy atom. The minimum absolute atomic E-state index is 0.598. The van der Waals surface area contributed by atoms with Gasteiger partial charge in [-0.25, -0.2) is 0 Å². The van der Waals surface area contributed by atoms with E-state index in [0.717, 1.165) is 77.9 Å². The topological polar surface area (TPSA) is 59.4 Å². The van der Waals surface area contributed by atoms with E-state index in [2.05, 4.69) is 179 Å². The van der Waals surface area contributed by atoms with Crippen LogP contribution in [0.1, 0.15) is 27.8 Å². The van der Waals surface area contributed by atoms with Crippen LogP contribution < -0.4 is 0 Å². The van der Waals surface area contributed by atoms with Gasteiger partial charge in [-0.3, -0.25) is 9.97 Å². The number of benzene rings is 7. The van der Waals surface area contributed by atoms with Crippen molar-refractivity contribution >= 4 is 55.4 Å². The first-order chi connectivity index (χ1) is 29.7. The fourth-order valence-electron chi connectivity index (χ4n) is 10.3. The molecule has 0 amide bonds. The van der Waals surface area contributed by atoms with Crippen molar-refractivity contribution in [2.75, 3.05) is 0 Å². The van der Waals surface area contributed by atoms with Crippen molar-refractivity contribution < 1.29 is 0 Å². The molecule has 0 bridgehead atoms. The Labute approximate surface area is 349 Å². The van der Waals surface area contributed by atoms with E-state index in [9.17, 15) is 5.26 Å². The highest BCUT2D eigenvalue weighted by Gasteiger charge is 2.51. The molecule has 0 N–H and O–H groups in total. The van der Waals surface area contributed by atoms with E-state index < -0.39 is 5.41 Å². The summed E-state index contributed by atoms with van der Waals surface area (Å²) in [5, 5.41) is 14.5. The summed E-state index contributed by atoms with van der Waals surface area (Å²) in [7, 11) is 0. The van der Waals surface area contributed by atoms with E-state index in [1.807, 2.05) is 36.3 Å². The van der Waals surface area contributed by atoms with Gasteiger partial charge in [0, 0.05) is 55.1 Å². The average Bonchev–Trinajstić information content (AvgIpc) is 3.93. The average molecular weight is 782 g/mol. The van der Waals surface area contributed by atoms with Crippen molar-refractivity contribution in [1.29, 1.82) is 5.26 Å². The Hall–Kier alpha value is -7.72. The zero-order chi connectivity index (χ0) is 39.5. The number of rotatable bonds is 3. The molecule has 0 saturated heterocycles. The molecule has 5 nitrogen and oxygen atoms in total. The fourth-order valence-corrected chi connectivity index (χ4v) is 11.5. The number of pyridine rings is 2. The monoisotopic (exact) mass is 781 g/mol. The Morgan fingerprint density at radius 3 is 1.60 bits per heavy atom. The molecule has 13 rings (SSSR count). The summed E-state index contributed by atoms with van der Waals surface area (Å²) in [5.74, 6) is 0. The van der Waals surface area contributed by atoms with Gasteiger partial charge < -0.3 is 9.13 Å². The number of para-hydroxylation sites is 3. The summed E-state index contributed by atoms with van der Waals surface area (Å²) in [6.45, 7) is 0. The van der Waals surface area contributed by atoms with Gasteiger partial charge in [0.05, 0.1) is 50.5 Å². The van der Waals surface area contributed by atoms with Gasteiger partial charge in [-0.05, 0) is 118 Å². The van der Waals surface area contributed by atoms with Gasteiger partial charge >= 0.3 is 0 Å². The summed E-state index contributed by atoms with van der Waals surface area (Å²) in [5.41, 5.74) is 15.5. The van der Waals surface area contributed by atoms with E-state index in [4.69, 9.17) is 9.97 Å². The Morgan fingerprint density at radius 1 is 0.433 bits per heavy atom. The minimum Gasteiger partial charge on any atom is -0.309 e. The van der Waals surface area contributed by atoms with Crippen LogP contribution in [-0.2, 0) is 5.41 Å². The Bertz CT molecular complexity index is 3580. The first kappa shape index (κ1) is 33.3. The van der Waals surface area contributed by atoms with Gasteiger partial charge in [0.1, 0.15) is 0 Å². The molecule has 11 aromatic rings. The summed E-state index contributed by atoms with van der Waals surface area (Å²) in [6, 6.07) is 65.8. The molecule has 6 heteroatoms. The molecule has 1 spiro atoms. The molecule has 0 fully saturated rings. The van der Waals surface area contributed by atoms with Crippen LogP contribution in [0.4, 0.5) is 0 Å². The molecule has 7 aromatic carbocycles.